The average Bonchev–Trinajstić information content (AvgIpc) is 3.02. The molecule has 1 amide bonds. The summed E-state index contributed by atoms with van der Waals surface area (Å²) < 4.78 is 12.5. The van der Waals surface area contributed by atoms with E-state index in [0.717, 1.165) is 5.69 Å². The summed E-state index contributed by atoms with van der Waals surface area (Å²) in [4.78, 5) is 23.0. The van der Waals surface area contributed by atoms with Gasteiger partial charge < -0.3 is 25.1 Å². The number of amides is 1. The summed E-state index contributed by atoms with van der Waals surface area (Å²) >= 11 is 0. The molecule has 0 bridgehead atoms. The smallest absolute Gasteiger partial charge is 0.298 e. The van der Waals surface area contributed by atoms with Crippen LogP contribution in [-0.2, 0) is 4.79 Å². The van der Waals surface area contributed by atoms with E-state index in [9.17, 15) is 14.9 Å². The van der Waals surface area contributed by atoms with E-state index in [1.54, 1.807) is 48.9 Å². The molecule has 9 nitrogen and oxygen atoms in total. The molecule has 29 heavy (non-hydrogen) atoms. The number of carbonyl (C=O) groups excluding carboxylic acids is 1. The predicted molar refractivity (Wildman–Crippen MR) is 109 cm³/mol. The molecule has 0 unspecified atom stereocenters. The summed E-state index contributed by atoms with van der Waals surface area (Å²) in [5, 5.41) is 14.8. The fraction of sp³-hybridized carbons (Fsp3) is 0.250. The standard InChI is InChI=1S/C20H22N4O5/c1-13-20(24(26)27)17-8-7-16(29-12-19(25)22-10-9-21)11-18(17)23(13)14-3-5-15(28-2)6-4-14/h3-8,11H,9-10,12,21H2,1-2H3,(H,22,25). The molecule has 0 spiro atoms. The van der Waals surface area contributed by atoms with Crippen molar-refractivity contribution in [2.24, 2.45) is 5.73 Å². The number of nitrogens with zero attached hydrogens (tertiary/aromatic N) is 2. The molecule has 9 heteroatoms. The lowest BCUT2D eigenvalue weighted by Crippen LogP contribution is -2.32. The lowest BCUT2D eigenvalue weighted by molar-refractivity contribution is -0.383. The normalized spacial score (nSPS) is 10.7. The summed E-state index contributed by atoms with van der Waals surface area (Å²) in [5.41, 5.74) is 7.24. The van der Waals surface area contributed by atoms with E-state index in [4.69, 9.17) is 15.2 Å². The van der Waals surface area contributed by atoms with Crippen LogP contribution in [0.4, 0.5) is 5.69 Å². The van der Waals surface area contributed by atoms with Gasteiger partial charge in [-0.1, -0.05) is 0 Å². The molecule has 3 N–H and O–H groups in total. The minimum atomic E-state index is -0.390. The molecule has 0 aliphatic rings. The Morgan fingerprint density at radius 2 is 1.90 bits per heavy atom. The lowest BCUT2D eigenvalue weighted by atomic mass is 10.2. The van der Waals surface area contributed by atoms with Crippen molar-refractivity contribution in [1.82, 2.24) is 9.88 Å². The number of carbonyl (C=O) groups is 1. The van der Waals surface area contributed by atoms with Gasteiger partial charge in [0, 0.05) is 24.8 Å². The van der Waals surface area contributed by atoms with Gasteiger partial charge in [-0.05, 0) is 43.3 Å². The Labute approximate surface area is 167 Å². The van der Waals surface area contributed by atoms with Gasteiger partial charge >= 0.3 is 0 Å². The second-order valence-electron chi connectivity index (χ2n) is 6.33. The molecule has 0 aliphatic carbocycles. The van der Waals surface area contributed by atoms with Crippen molar-refractivity contribution >= 4 is 22.5 Å². The van der Waals surface area contributed by atoms with E-state index < -0.39 is 4.92 Å². The zero-order chi connectivity index (χ0) is 21.0. The number of hydrogen-bond donors (Lipinski definition) is 2. The number of nitro groups is 1. The second-order valence-corrected chi connectivity index (χ2v) is 6.33. The van der Waals surface area contributed by atoms with Crippen molar-refractivity contribution in [2.45, 2.75) is 6.92 Å². The molecular weight excluding hydrogens is 376 g/mol. The molecule has 152 valence electrons. The molecule has 1 heterocycles. The summed E-state index contributed by atoms with van der Waals surface area (Å²) in [7, 11) is 1.57. The van der Waals surface area contributed by atoms with E-state index in [0.29, 0.717) is 41.2 Å². The minimum absolute atomic E-state index is 0.0306. The van der Waals surface area contributed by atoms with E-state index in [2.05, 4.69) is 5.32 Å². The fourth-order valence-corrected chi connectivity index (χ4v) is 3.17. The highest BCUT2D eigenvalue weighted by Gasteiger charge is 2.24. The number of rotatable bonds is 8. The van der Waals surface area contributed by atoms with Gasteiger partial charge in [-0.3, -0.25) is 14.9 Å². The van der Waals surface area contributed by atoms with Gasteiger partial charge in [-0.15, -0.1) is 0 Å². The Morgan fingerprint density at radius 3 is 2.52 bits per heavy atom. The largest absolute Gasteiger partial charge is 0.497 e. The number of nitrogens with two attached hydrogens (primary N) is 1. The van der Waals surface area contributed by atoms with Gasteiger partial charge in [0.15, 0.2) is 6.61 Å². The molecule has 0 saturated carbocycles. The number of ether oxygens (including phenoxy) is 2. The molecule has 2 aromatic carbocycles. The molecule has 0 radical (unpaired) electrons. The first-order valence-electron chi connectivity index (χ1n) is 8.99. The molecule has 0 saturated heterocycles. The van der Waals surface area contributed by atoms with Gasteiger partial charge in [0.25, 0.3) is 11.6 Å². The van der Waals surface area contributed by atoms with Crippen molar-refractivity contribution in [3.8, 4) is 17.2 Å². The molecule has 0 atom stereocenters. The van der Waals surface area contributed by atoms with Crippen molar-refractivity contribution < 1.29 is 19.2 Å². The van der Waals surface area contributed by atoms with Crippen molar-refractivity contribution in [3.05, 3.63) is 58.3 Å². The molecular formula is C20H22N4O5. The highest BCUT2D eigenvalue weighted by Crippen LogP contribution is 2.37. The van der Waals surface area contributed by atoms with E-state index >= 15 is 0 Å². The Morgan fingerprint density at radius 1 is 1.21 bits per heavy atom. The van der Waals surface area contributed by atoms with Crippen molar-refractivity contribution in [1.29, 1.82) is 0 Å². The van der Waals surface area contributed by atoms with Crippen LogP contribution in [0.15, 0.2) is 42.5 Å². The van der Waals surface area contributed by atoms with Crippen LogP contribution in [-0.4, -0.2) is 42.2 Å². The molecule has 0 fully saturated rings. The van der Waals surface area contributed by atoms with Gasteiger partial charge in [0.2, 0.25) is 0 Å². The topological polar surface area (TPSA) is 122 Å². The first-order chi connectivity index (χ1) is 14.0. The Bertz CT molecular complexity index is 1040. The number of fused-ring (bicyclic) bond motifs is 1. The first kappa shape index (κ1) is 20.2. The third-order valence-corrected chi connectivity index (χ3v) is 4.49. The van der Waals surface area contributed by atoms with Crippen LogP contribution >= 0.6 is 0 Å². The summed E-state index contributed by atoms with van der Waals surface area (Å²) in [6, 6.07) is 12.2. The maximum Gasteiger partial charge on any atom is 0.298 e. The molecule has 3 rings (SSSR count). The first-order valence-corrected chi connectivity index (χ1v) is 8.99. The lowest BCUT2D eigenvalue weighted by Gasteiger charge is -2.10. The minimum Gasteiger partial charge on any atom is -0.497 e. The van der Waals surface area contributed by atoms with E-state index in [-0.39, 0.29) is 18.2 Å². The number of methoxy groups -OCH3 is 1. The van der Waals surface area contributed by atoms with Crippen LogP contribution in [0, 0.1) is 17.0 Å². The number of benzene rings is 2. The summed E-state index contributed by atoms with van der Waals surface area (Å²) in [6.45, 7) is 2.24. The van der Waals surface area contributed by atoms with Gasteiger partial charge in [-0.25, -0.2) is 0 Å². The average molecular weight is 398 g/mol. The third kappa shape index (κ3) is 4.14. The molecule has 3 aromatic rings. The van der Waals surface area contributed by atoms with Crippen LogP contribution < -0.4 is 20.5 Å². The number of nitrogens with one attached hydrogen (secondary N) is 1. The highest BCUT2D eigenvalue weighted by molar-refractivity contribution is 5.94. The van der Waals surface area contributed by atoms with Crippen molar-refractivity contribution in [3.63, 3.8) is 0 Å². The van der Waals surface area contributed by atoms with Crippen LogP contribution in [0.5, 0.6) is 11.5 Å². The zero-order valence-electron chi connectivity index (χ0n) is 16.2. The fourth-order valence-electron chi connectivity index (χ4n) is 3.17. The van der Waals surface area contributed by atoms with Crippen LogP contribution in [0.25, 0.3) is 16.6 Å². The SMILES string of the molecule is COc1ccc(-n2c(C)c([N+](=O)[O-])c3ccc(OCC(=O)NCCN)cc32)cc1. The number of aromatic nitrogens is 1. The Balaban J connectivity index is 2.02. The van der Waals surface area contributed by atoms with Gasteiger partial charge in [0.05, 0.1) is 28.6 Å². The summed E-state index contributed by atoms with van der Waals surface area (Å²) in [5.74, 6) is 0.829. The summed E-state index contributed by atoms with van der Waals surface area (Å²) in [6.07, 6.45) is 0. The van der Waals surface area contributed by atoms with Gasteiger partial charge in [0.1, 0.15) is 11.5 Å². The quantitative estimate of drug-likeness (QED) is 0.444. The monoisotopic (exact) mass is 398 g/mol. The zero-order valence-corrected chi connectivity index (χ0v) is 16.2. The second kappa shape index (κ2) is 8.61. The van der Waals surface area contributed by atoms with E-state index in [1.165, 1.54) is 0 Å². The van der Waals surface area contributed by atoms with Crippen LogP contribution in [0.1, 0.15) is 5.69 Å². The predicted octanol–water partition coefficient (Wildman–Crippen LogP) is 2.31. The Kier molecular flexibility index (Phi) is 5.99. The van der Waals surface area contributed by atoms with E-state index in [1.807, 2.05) is 12.1 Å². The van der Waals surface area contributed by atoms with Gasteiger partial charge in [-0.2, -0.15) is 0 Å². The maximum absolute atomic E-state index is 11.7. The third-order valence-electron chi connectivity index (χ3n) is 4.49. The molecule has 0 aliphatic heterocycles. The number of hydrogen-bond acceptors (Lipinski definition) is 6. The van der Waals surface area contributed by atoms with Crippen molar-refractivity contribution in [2.75, 3.05) is 26.8 Å². The highest BCUT2D eigenvalue weighted by atomic mass is 16.6. The van der Waals surface area contributed by atoms with Crippen LogP contribution in [0.2, 0.25) is 0 Å². The molecule has 1 aromatic heterocycles. The van der Waals surface area contributed by atoms with Crippen LogP contribution in [0.3, 0.4) is 0 Å². The maximum atomic E-state index is 11.7. The Hall–Kier alpha value is -3.59.